The largest absolute Gasteiger partial charge is 0.488 e. The molecule has 170 valence electrons. The number of benzene rings is 2. The summed E-state index contributed by atoms with van der Waals surface area (Å²) in [5.41, 5.74) is 0.339. The van der Waals surface area contributed by atoms with E-state index in [0.29, 0.717) is 50.8 Å². The number of hydrogen-bond acceptors (Lipinski definition) is 4. The molecule has 1 amide bonds. The molecule has 0 radical (unpaired) electrons. The van der Waals surface area contributed by atoms with Crippen LogP contribution in [0.5, 0.6) is 5.75 Å². The van der Waals surface area contributed by atoms with Crippen LogP contribution in [-0.2, 0) is 19.7 Å². The predicted octanol–water partition coefficient (Wildman–Crippen LogP) is 4.62. The first-order chi connectivity index (χ1) is 15.6. The van der Waals surface area contributed by atoms with Crippen molar-refractivity contribution in [2.75, 3.05) is 32.9 Å². The second kappa shape index (κ2) is 9.05. The lowest BCUT2D eigenvalue weighted by atomic mass is 9.72. The highest BCUT2D eigenvalue weighted by Crippen LogP contribution is 2.41. The van der Waals surface area contributed by atoms with Crippen molar-refractivity contribution >= 4 is 17.5 Å². The van der Waals surface area contributed by atoms with Crippen molar-refractivity contribution in [3.63, 3.8) is 0 Å². The van der Waals surface area contributed by atoms with Gasteiger partial charge >= 0.3 is 0 Å². The number of halogens is 1. The van der Waals surface area contributed by atoms with Crippen LogP contribution in [0, 0.1) is 0 Å². The van der Waals surface area contributed by atoms with Gasteiger partial charge in [-0.2, -0.15) is 0 Å². The normalized spacial score (nSPS) is 24.4. The molecule has 0 saturated carbocycles. The topological polar surface area (TPSA) is 48.0 Å². The maximum Gasteiger partial charge on any atom is 0.233 e. The van der Waals surface area contributed by atoms with Crippen molar-refractivity contribution < 1.29 is 19.0 Å². The number of ether oxygens (including phenoxy) is 3. The molecule has 0 unspecified atom stereocenters. The van der Waals surface area contributed by atoms with Crippen molar-refractivity contribution in [2.24, 2.45) is 0 Å². The minimum absolute atomic E-state index is 0.0653. The lowest BCUT2D eigenvalue weighted by Crippen LogP contribution is -2.54. The molecule has 1 spiro atoms. The molecule has 5 rings (SSSR count). The van der Waals surface area contributed by atoms with Gasteiger partial charge in [-0.15, -0.1) is 0 Å². The summed E-state index contributed by atoms with van der Waals surface area (Å²) in [6.07, 6.45) is 4.05. The third kappa shape index (κ3) is 4.26. The standard InChI is InChI=1S/C26H30ClNO4/c27-21-8-6-20(7-9-21)26(12-16-30-17-13-26)24(29)28-14-10-25(11-15-28)18-23(19-31-25)32-22-4-2-1-3-5-22/h1-9,23H,10-19H2/t23-/m0/s1. The summed E-state index contributed by atoms with van der Waals surface area (Å²) >= 11 is 6.11. The van der Waals surface area contributed by atoms with Gasteiger partial charge in [0.05, 0.1) is 17.6 Å². The molecule has 32 heavy (non-hydrogen) atoms. The number of carbonyl (C=O) groups is 1. The summed E-state index contributed by atoms with van der Waals surface area (Å²) in [6, 6.07) is 17.7. The Bertz CT molecular complexity index is 919. The van der Waals surface area contributed by atoms with E-state index < -0.39 is 5.41 Å². The zero-order chi connectivity index (χ0) is 22.0. The Hall–Kier alpha value is -2.08. The molecule has 6 heteroatoms. The Morgan fingerprint density at radius 1 is 0.969 bits per heavy atom. The fourth-order valence-corrected chi connectivity index (χ4v) is 5.58. The van der Waals surface area contributed by atoms with E-state index in [4.69, 9.17) is 25.8 Å². The number of amides is 1. The molecule has 3 fully saturated rings. The fraction of sp³-hybridized carbons (Fsp3) is 0.500. The molecule has 3 saturated heterocycles. The van der Waals surface area contributed by atoms with E-state index in [-0.39, 0.29) is 17.6 Å². The second-order valence-corrected chi connectivity index (χ2v) is 9.68. The van der Waals surface area contributed by atoms with Crippen LogP contribution < -0.4 is 4.74 Å². The van der Waals surface area contributed by atoms with Gasteiger partial charge in [0, 0.05) is 37.7 Å². The third-order valence-electron chi connectivity index (χ3n) is 7.34. The van der Waals surface area contributed by atoms with Gasteiger partial charge < -0.3 is 19.1 Å². The van der Waals surface area contributed by atoms with Crippen LogP contribution in [0.1, 0.15) is 37.7 Å². The van der Waals surface area contributed by atoms with Crippen LogP contribution in [0.25, 0.3) is 0 Å². The van der Waals surface area contributed by atoms with Gasteiger partial charge in [-0.25, -0.2) is 0 Å². The van der Waals surface area contributed by atoms with Gasteiger partial charge in [-0.3, -0.25) is 4.79 Å². The summed E-state index contributed by atoms with van der Waals surface area (Å²) in [5, 5.41) is 0.689. The zero-order valence-corrected chi connectivity index (χ0v) is 19.1. The Kier molecular flexibility index (Phi) is 6.15. The number of piperidine rings is 1. The fourth-order valence-electron chi connectivity index (χ4n) is 5.45. The Labute approximate surface area is 194 Å². The van der Waals surface area contributed by atoms with Crippen molar-refractivity contribution in [3.05, 3.63) is 65.2 Å². The van der Waals surface area contributed by atoms with E-state index in [9.17, 15) is 4.79 Å². The third-order valence-corrected chi connectivity index (χ3v) is 7.59. The van der Waals surface area contributed by atoms with Crippen LogP contribution in [0.15, 0.2) is 54.6 Å². The first kappa shape index (κ1) is 21.7. The first-order valence-electron chi connectivity index (χ1n) is 11.6. The maximum atomic E-state index is 13.8. The average molecular weight is 456 g/mol. The number of carbonyl (C=O) groups excluding carboxylic acids is 1. The van der Waals surface area contributed by atoms with E-state index in [1.54, 1.807) is 0 Å². The van der Waals surface area contributed by atoms with Crippen LogP contribution in [0.4, 0.5) is 0 Å². The number of rotatable bonds is 4. The Morgan fingerprint density at radius 2 is 1.66 bits per heavy atom. The predicted molar refractivity (Wildman–Crippen MR) is 123 cm³/mol. The molecule has 1 atom stereocenters. The molecule has 0 N–H and O–H groups in total. The van der Waals surface area contributed by atoms with Gasteiger partial charge in [0.1, 0.15) is 11.9 Å². The van der Waals surface area contributed by atoms with E-state index >= 15 is 0 Å². The highest BCUT2D eigenvalue weighted by molar-refractivity contribution is 6.30. The molecule has 2 aromatic rings. The quantitative estimate of drug-likeness (QED) is 0.675. The molecule has 0 aliphatic carbocycles. The monoisotopic (exact) mass is 455 g/mol. The maximum absolute atomic E-state index is 13.8. The number of likely N-dealkylation sites (tertiary alicyclic amines) is 1. The van der Waals surface area contributed by atoms with Crippen LogP contribution >= 0.6 is 11.6 Å². The van der Waals surface area contributed by atoms with Gasteiger partial charge in [-0.05, 0) is 55.5 Å². The smallest absolute Gasteiger partial charge is 0.233 e. The second-order valence-electron chi connectivity index (χ2n) is 9.24. The molecule has 3 aliphatic rings. The number of hydrogen-bond donors (Lipinski definition) is 0. The lowest BCUT2D eigenvalue weighted by Gasteiger charge is -2.44. The summed E-state index contributed by atoms with van der Waals surface area (Å²) < 4.78 is 18.0. The molecule has 3 aliphatic heterocycles. The van der Waals surface area contributed by atoms with Crippen LogP contribution in [0.3, 0.4) is 0 Å². The van der Waals surface area contributed by atoms with Gasteiger partial charge in [0.25, 0.3) is 0 Å². The number of para-hydroxylation sites is 1. The summed E-state index contributed by atoms with van der Waals surface area (Å²) in [7, 11) is 0. The zero-order valence-electron chi connectivity index (χ0n) is 18.3. The molecule has 0 bridgehead atoms. The van der Waals surface area contributed by atoms with Crippen LogP contribution in [0.2, 0.25) is 5.02 Å². The first-order valence-corrected chi connectivity index (χ1v) is 12.0. The highest BCUT2D eigenvalue weighted by Gasteiger charge is 2.48. The van der Waals surface area contributed by atoms with Gasteiger partial charge in [-0.1, -0.05) is 41.9 Å². The van der Waals surface area contributed by atoms with Gasteiger partial charge in [0.2, 0.25) is 5.91 Å². The molecule has 3 heterocycles. The van der Waals surface area contributed by atoms with Crippen molar-refractivity contribution in [2.45, 2.75) is 49.2 Å². The molecule has 2 aromatic carbocycles. The van der Waals surface area contributed by atoms with Crippen molar-refractivity contribution in [3.8, 4) is 5.75 Å². The summed E-state index contributed by atoms with van der Waals surface area (Å²) in [5.74, 6) is 1.10. The molecular formula is C26H30ClNO4. The molecule has 5 nitrogen and oxygen atoms in total. The van der Waals surface area contributed by atoms with Crippen molar-refractivity contribution in [1.29, 1.82) is 0 Å². The highest BCUT2D eigenvalue weighted by atomic mass is 35.5. The Balaban J connectivity index is 1.25. The van der Waals surface area contributed by atoms with E-state index in [2.05, 4.69) is 0 Å². The van der Waals surface area contributed by atoms with Crippen molar-refractivity contribution in [1.82, 2.24) is 4.90 Å². The van der Waals surface area contributed by atoms with E-state index in [0.717, 1.165) is 30.6 Å². The van der Waals surface area contributed by atoms with Crippen LogP contribution in [-0.4, -0.2) is 55.4 Å². The molecule has 0 aromatic heterocycles. The Morgan fingerprint density at radius 3 is 2.34 bits per heavy atom. The SMILES string of the molecule is O=C(N1CCC2(CC1)C[C@H](Oc1ccccc1)CO2)C1(c2ccc(Cl)cc2)CCOCC1. The summed E-state index contributed by atoms with van der Waals surface area (Å²) in [4.78, 5) is 15.9. The summed E-state index contributed by atoms with van der Waals surface area (Å²) in [6.45, 7) is 3.25. The average Bonchev–Trinajstić information content (AvgIpc) is 3.22. The van der Waals surface area contributed by atoms with E-state index in [1.165, 1.54) is 0 Å². The minimum Gasteiger partial charge on any atom is -0.488 e. The van der Waals surface area contributed by atoms with Gasteiger partial charge in [0.15, 0.2) is 0 Å². The lowest BCUT2D eigenvalue weighted by molar-refractivity contribution is -0.146. The minimum atomic E-state index is -0.525. The molecular weight excluding hydrogens is 426 g/mol. The number of nitrogens with zero attached hydrogens (tertiary/aromatic N) is 1. The van der Waals surface area contributed by atoms with E-state index in [1.807, 2.05) is 59.5 Å².